The second kappa shape index (κ2) is 5.88. The van der Waals surface area contributed by atoms with Gasteiger partial charge in [-0.3, -0.25) is 0 Å². The lowest BCUT2D eigenvalue weighted by Gasteiger charge is -2.16. The Kier molecular flexibility index (Phi) is 4.20. The van der Waals surface area contributed by atoms with E-state index in [1.807, 2.05) is 26.0 Å². The summed E-state index contributed by atoms with van der Waals surface area (Å²) in [6, 6.07) is 5.45. The topological polar surface area (TPSA) is 64.5 Å². The highest BCUT2D eigenvalue weighted by molar-refractivity contribution is 5.44. The fourth-order valence-corrected chi connectivity index (χ4v) is 2.10. The number of hydrogen-bond acceptors (Lipinski definition) is 5. The minimum absolute atomic E-state index is 0.428. The second-order valence-electron chi connectivity index (χ2n) is 4.57. The number of hydrogen-bond donors (Lipinski definition) is 1. The first-order valence-electron chi connectivity index (χ1n) is 6.26. The Morgan fingerprint density at radius 3 is 2.40 bits per heavy atom. The third-order valence-electron chi connectivity index (χ3n) is 3.23. The van der Waals surface area contributed by atoms with Gasteiger partial charge in [0.05, 0.1) is 19.9 Å². The number of aliphatic hydroxyl groups excluding tert-OH is 1. The first kappa shape index (κ1) is 14.3. The Bertz CT molecular complexity index is 614. The van der Waals surface area contributed by atoms with Crippen molar-refractivity contribution in [2.75, 3.05) is 14.2 Å². The molecule has 1 aromatic heterocycles. The molecule has 5 heteroatoms. The normalized spacial score (nSPS) is 12.1. The molecule has 1 unspecified atom stereocenters. The molecule has 0 saturated carbocycles. The van der Waals surface area contributed by atoms with Crippen molar-refractivity contribution in [1.29, 1.82) is 0 Å². The number of aromatic nitrogens is 2. The maximum Gasteiger partial charge on any atom is 0.216 e. The average molecular weight is 274 g/mol. The summed E-state index contributed by atoms with van der Waals surface area (Å²) in [5.41, 5.74) is 3.21. The van der Waals surface area contributed by atoms with Gasteiger partial charge >= 0.3 is 0 Å². The van der Waals surface area contributed by atoms with E-state index in [4.69, 9.17) is 9.47 Å². The molecule has 2 rings (SSSR count). The minimum Gasteiger partial charge on any atom is -0.496 e. The van der Waals surface area contributed by atoms with Crippen LogP contribution in [0, 0.1) is 13.8 Å². The van der Waals surface area contributed by atoms with E-state index in [0.717, 1.165) is 22.4 Å². The van der Waals surface area contributed by atoms with E-state index in [1.54, 1.807) is 13.2 Å². The van der Waals surface area contributed by atoms with Crippen LogP contribution in [0.5, 0.6) is 11.6 Å². The van der Waals surface area contributed by atoms with Crippen LogP contribution >= 0.6 is 0 Å². The number of rotatable bonds is 4. The molecule has 1 heterocycles. The van der Waals surface area contributed by atoms with Crippen LogP contribution in [0.25, 0.3) is 0 Å². The summed E-state index contributed by atoms with van der Waals surface area (Å²) in [6.45, 7) is 3.87. The van der Waals surface area contributed by atoms with Crippen molar-refractivity contribution in [3.8, 4) is 11.6 Å². The molecule has 5 nitrogen and oxygen atoms in total. The summed E-state index contributed by atoms with van der Waals surface area (Å²) in [5.74, 6) is 1.23. The highest BCUT2D eigenvalue weighted by atomic mass is 16.5. The van der Waals surface area contributed by atoms with Crippen LogP contribution in [0.3, 0.4) is 0 Å². The van der Waals surface area contributed by atoms with Gasteiger partial charge < -0.3 is 14.6 Å². The molecule has 1 N–H and O–H groups in total. The van der Waals surface area contributed by atoms with E-state index in [-0.39, 0.29) is 0 Å². The van der Waals surface area contributed by atoms with E-state index < -0.39 is 6.10 Å². The van der Waals surface area contributed by atoms with Crippen molar-refractivity contribution in [3.63, 3.8) is 0 Å². The van der Waals surface area contributed by atoms with Gasteiger partial charge in [0, 0.05) is 6.07 Å². The van der Waals surface area contributed by atoms with E-state index >= 15 is 0 Å². The Morgan fingerprint density at radius 2 is 1.75 bits per heavy atom. The minimum atomic E-state index is -0.823. The summed E-state index contributed by atoms with van der Waals surface area (Å²) in [5, 5.41) is 10.5. The number of aliphatic hydroxyl groups is 1. The molecule has 0 bridgehead atoms. The maximum atomic E-state index is 10.5. The monoisotopic (exact) mass is 274 g/mol. The first-order valence-corrected chi connectivity index (χ1v) is 6.26. The predicted octanol–water partition coefficient (Wildman–Crippen LogP) is 2.19. The van der Waals surface area contributed by atoms with Crippen LogP contribution in [0.15, 0.2) is 24.5 Å². The molecule has 1 aromatic carbocycles. The van der Waals surface area contributed by atoms with Gasteiger partial charge in [0.2, 0.25) is 5.88 Å². The molecule has 0 spiro atoms. The lowest BCUT2D eigenvalue weighted by Crippen LogP contribution is -2.06. The van der Waals surface area contributed by atoms with Crippen LogP contribution in [-0.4, -0.2) is 29.3 Å². The predicted molar refractivity (Wildman–Crippen MR) is 75.1 cm³/mol. The van der Waals surface area contributed by atoms with Gasteiger partial charge in [0.1, 0.15) is 18.2 Å². The Labute approximate surface area is 118 Å². The van der Waals surface area contributed by atoms with Crippen LogP contribution in [0.2, 0.25) is 0 Å². The third kappa shape index (κ3) is 2.72. The van der Waals surface area contributed by atoms with Crippen LogP contribution in [0.1, 0.15) is 28.5 Å². The van der Waals surface area contributed by atoms with Crippen LogP contribution in [-0.2, 0) is 0 Å². The van der Waals surface area contributed by atoms with Crippen molar-refractivity contribution in [2.45, 2.75) is 20.0 Å². The van der Waals surface area contributed by atoms with E-state index in [1.165, 1.54) is 13.4 Å². The fourth-order valence-electron chi connectivity index (χ4n) is 2.10. The summed E-state index contributed by atoms with van der Waals surface area (Å²) < 4.78 is 10.3. The van der Waals surface area contributed by atoms with Gasteiger partial charge in [-0.1, -0.05) is 0 Å². The van der Waals surface area contributed by atoms with Crippen molar-refractivity contribution < 1.29 is 14.6 Å². The summed E-state index contributed by atoms with van der Waals surface area (Å²) in [7, 11) is 3.16. The van der Waals surface area contributed by atoms with Gasteiger partial charge in [0.25, 0.3) is 0 Å². The zero-order chi connectivity index (χ0) is 14.7. The Balaban J connectivity index is 2.42. The number of benzene rings is 1. The van der Waals surface area contributed by atoms with Crippen molar-refractivity contribution >= 4 is 0 Å². The van der Waals surface area contributed by atoms with Gasteiger partial charge in [-0.25, -0.2) is 9.97 Å². The molecule has 1 atom stereocenters. The zero-order valence-corrected chi connectivity index (χ0v) is 12.0. The SMILES string of the molecule is COc1cc(C(O)c2cc(C)c(OC)cc2C)ncn1. The van der Waals surface area contributed by atoms with E-state index in [9.17, 15) is 5.11 Å². The molecule has 106 valence electrons. The van der Waals surface area contributed by atoms with Crippen molar-refractivity contribution in [2.24, 2.45) is 0 Å². The lowest BCUT2D eigenvalue weighted by molar-refractivity contribution is 0.213. The second-order valence-corrected chi connectivity index (χ2v) is 4.57. The maximum absolute atomic E-state index is 10.5. The number of nitrogens with zero attached hydrogens (tertiary/aromatic N) is 2. The molecule has 0 aliphatic carbocycles. The van der Waals surface area contributed by atoms with Crippen LogP contribution < -0.4 is 9.47 Å². The van der Waals surface area contributed by atoms with Crippen molar-refractivity contribution in [1.82, 2.24) is 9.97 Å². The van der Waals surface area contributed by atoms with Crippen molar-refractivity contribution in [3.05, 3.63) is 46.9 Å². The molecule has 0 aliphatic heterocycles. The molecule has 2 aromatic rings. The standard InChI is InChI=1S/C15H18N2O3/c1-9-6-13(19-3)10(2)5-11(9)15(18)12-7-14(20-4)17-8-16-12/h5-8,15,18H,1-4H3. The van der Waals surface area contributed by atoms with E-state index in [0.29, 0.717) is 11.6 Å². The molecule has 0 saturated heterocycles. The van der Waals surface area contributed by atoms with Crippen LogP contribution in [0.4, 0.5) is 0 Å². The highest BCUT2D eigenvalue weighted by Crippen LogP contribution is 2.29. The first-order chi connectivity index (χ1) is 9.56. The molecule has 0 radical (unpaired) electrons. The summed E-state index contributed by atoms with van der Waals surface area (Å²) >= 11 is 0. The Hall–Kier alpha value is -2.14. The summed E-state index contributed by atoms with van der Waals surface area (Å²) in [6.07, 6.45) is 0.555. The number of ether oxygens (including phenoxy) is 2. The van der Waals surface area contributed by atoms with Gasteiger partial charge in [-0.2, -0.15) is 0 Å². The summed E-state index contributed by atoms with van der Waals surface area (Å²) in [4.78, 5) is 8.04. The van der Waals surface area contributed by atoms with E-state index in [2.05, 4.69) is 9.97 Å². The number of aryl methyl sites for hydroxylation is 2. The van der Waals surface area contributed by atoms with Gasteiger partial charge in [-0.15, -0.1) is 0 Å². The highest BCUT2D eigenvalue weighted by Gasteiger charge is 2.17. The quantitative estimate of drug-likeness (QED) is 0.926. The van der Waals surface area contributed by atoms with Gasteiger partial charge in [0.15, 0.2) is 0 Å². The molecular weight excluding hydrogens is 256 g/mol. The average Bonchev–Trinajstić information content (AvgIpc) is 2.48. The molecule has 20 heavy (non-hydrogen) atoms. The number of methoxy groups -OCH3 is 2. The smallest absolute Gasteiger partial charge is 0.216 e. The third-order valence-corrected chi connectivity index (χ3v) is 3.23. The zero-order valence-electron chi connectivity index (χ0n) is 12.0. The molecule has 0 amide bonds. The Morgan fingerprint density at radius 1 is 1.00 bits per heavy atom. The molecule has 0 aliphatic rings. The molecule has 0 fully saturated rings. The largest absolute Gasteiger partial charge is 0.496 e. The van der Waals surface area contributed by atoms with Gasteiger partial charge in [-0.05, 0) is 42.7 Å². The molecular formula is C15H18N2O3. The fraction of sp³-hybridized carbons (Fsp3) is 0.333. The lowest BCUT2D eigenvalue weighted by atomic mass is 9.98.